The summed E-state index contributed by atoms with van der Waals surface area (Å²) < 4.78 is 0. The number of aliphatic imine (C=N–C) groups is 1. The average Bonchev–Trinajstić information content (AvgIpc) is 2.53. The Morgan fingerprint density at radius 1 is 1.26 bits per heavy atom. The second-order valence-electron chi connectivity index (χ2n) is 5.30. The molecule has 0 amide bonds. The lowest BCUT2D eigenvalue weighted by Crippen LogP contribution is -2.29. The zero-order chi connectivity index (χ0) is 13.7. The van der Waals surface area contributed by atoms with Crippen LogP contribution < -0.4 is 0 Å². The summed E-state index contributed by atoms with van der Waals surface area (Å²) >= 11 is 0. The van der Waals surface area contributed by atoms with Crippen molar-refractivity contribution in [2.75, 3.05) is 6.54 Å². The monoisotopic (exact) mass is 256 g/mol. The fraction of sp³-hybridized carbons (Fsp3) is 0.375. The molecule has 19 heavy (non-hydrogen) atoms. The molecule has 1 aliphatic heterocycles. The fourth-order valence-electron chi connectivity index (χ4n) is 2.18. The van der Waals surface area contributed by atoms with Crippen molar-refractivity contribution in [2.45, 2.75) is 26.8 Å². The molecule has 2 rings (SSSR count). The van der Waals surface area contributed by atoms with Gasteiger partial charge in [0.25, 0.3) is 0 Å². The van der Waals surface area contributed by atoms with Crippen LogP contribution in [-0.2, 0) is 11.3 Å². The molecule has 0 aliphatic carbocycles. The number of carbonyl (C=O) groups excluding carboxylic acids is 1. The van der Waals surface area contributed by atoms with Crippen LogP contribution in [0.2, 0.25) is 0 Å². The Morgan fingerprint density at radius 3 is 2.68 bits per heavy atom. The molecule has 1 aliphatic rings. The van der Waals surface area contributed by atoms with Crippen LogP contribution in [0.25, 0.3) is 0 Å². The second kappa shape index (κ2) is 6.32. The van der Waals surface area contributed by atoms with Crippen molar-refractivity contribution in [1.82, 2.24) is 4.90 Å². The van der Waals surface area contributed by atoms with Crippen LogP contribution in [0.5, 0.6) is 0 Å². The number of rotatable bonds is 4. The van der Waals surface area contributed by atoms with Gasteiger partial charge in [-0.15, -0.1) is 0 Å². The molecule has 0 spiro atoms. The Labute approximate surface area is 114 Å². The predicted octanol–water partition coefficient (Wildman–Crippen LogP) is 3.03. The van der Waals surface area contributed by atoms with Gasteiger partial charge in [0.1, 0.15) is 0 Å². The molecule has 0 atom stereocenters. The molecule has 0 saturated heterocycles. The summed E-state index contributed by atoms with van der Waals surface area (Å²) in [6.07, 6.45) is 4.19. The predicted molar refractivity (Wildman–Crippen MR) is 77.9 cm³/mol. The molecule has 0 fully saturated rings. The van der Waals surface area contributed by atoms with E-state index in [1.54, 1.807) is 0 Å². The number of allylic oxidation sites excluding steroid dienone is 1. The third kappa shape index (κ3) is 4.05. The van der Waals surface area contributed by atoms with Gasteiger partial charge in [-0.25, -0.2) is 0 Å². The van der Waals surface area contributed by atoms with Gasteiger partial charge in [0, 0.05) is 18.4 Å². The molecule has 0 aromatic heterocycles. The topological polar surface area (TPSA) is 32.7 Å². The fourth-order valence-corrected chi connectivity index (χ4v) is 2.18. The Morgan fingerprint density at radius 2 is 2.00 bits per heavy atom. The number of ketones is 1. The molecule has 3 heteroatoms. The molecule has 3 nitrogen and oxygen atoms in total. The maximum Gasteiger partial charge on any atom is 0.193 e. The van der Waals surface area contributed by atoms with E-state index in [1.165, 1.54) is 11.8 Å². The van der Waals surface area contributed by atoms with Crippen molar-refractivity contribution in [1.29, 1.82) is 0 Å². The van der Waals surface area contributed by atoms with Crippen LogP contribution >= 0.6 is 0 Å². The quantitative estimate of drug-likeness (QED) is 0.829. The number of nitrogens with zero attached hydrogens (tertiary/aromatic N) is 2. The van der Waals surface area contributed by atoms with E-state index in [2.05, 4.69) is 35.9 Å². The highest BCUT2D eigenvalue weighted by molar-refractivity contribution is 6.28. The van der Waals surface area contributed by atoms with Crippen LogP contribution in [0.15, 0.2) is 47.2 Å². The molecule has 1 aromatic rings. The van der Waals surface area contributed by atoms with Crippen LogP contribution in [-0.4, -0.2) is 23.4 Å². The van der Waals surface area contributed by atoms with E-state index in [-0.39, 0.29) is 5.78 Å². The Balaban J connectivity index is 2.16. The molecule has 0 radical (unpaired) electrons. The lowest BCUT2D eigenvalue weighted by atomic mass is 10.1. The van der Waals surface area contributed by atoms with Gasteiger partial charge < -0.3 is 4.90 Å². The maximum atomic E-state index is 11.7. The van der Waals surface area contributed by atoms with Gasteiger partial charge in [-0.1, -0.05) is 44.2 Å². The summed E-state index contributed by atoms with van der Waals surface area (Å²) in [4.78, 5) is 17.9. The molecule has 0 unspecified atom stereocenters. The van der Waals surface area contributed by atoms with Gasteiger partial charge in [-0.2, -0.15) is 0 Å². The first-order valence-electron chi connectivity index (χ1n) is 6.69. The van der Waals surface area contributed by atoms with Crippen molar-refractivity contribution < 1.29 is 4.79 Å². The van der Waals surface area contributed by atoms with Crippen molar-refractivity contribution in [3.05, 3.63) is 47.8 Å². The lowest BCUT2D eigenvalue weighted by molar-refractivity contribution is -0.113. The normalized spacial score (nSPS) is 15.6. The Hall–Kier alpha value is -1.90. The van der Waals surface area contributed by atoms with E-state index >= 15 is 0 Å². The maximum absolute atomic E-state index is 11.7. The van der Waals surface area contributed by atoms with Crippen LogP contribution in [0.1, 0.15) is 25.8 Å². The minimum absolute atomic E-state index is 0.0611. The highest BCUT2D eigenvalue weighted by Gasteiger charge is 2.16. The number of hydrogen-bond donors (Lipinski definition) is 0. The van der Waals surface area contributed by atoms with Gasteiger partial charge in [0.2, 0.25) is 0 Å². The summed E-state index contributed by atoms with van der Waals surface area (Å²) in [6.45, 7) is 5.53. The van der Waals surface area contributed by atoms with Gasteiger partial charge in [-0.05, 0) is 17.9 Å². The number of carbonyl (C=O) groups is 1. The average molecular weight is 256 g/mol. The first-order chi connectivity index (χ1) is 9.15. The van der Waals surface area contributed by atoms with E-state index in [4.69, 9.17) is 0 Å². The molecule has 0 saturated carbocycles. The van der Waals surface area contributed by atoms with Gasteiger partial charge in [-0.3, -0.25) is 9.79 Å². The minimum atomic E-state index is 0.0611. The minimum Gasteiger partial charge on any atom is -0.361 e. The summed E-state index contributed by atoms with van der Waals surface area (Å²) in [5.74, 6) is 0.610. The Kier molecular flexibility index (Phi) is 4.50. The molecule has 1 aromatic carbocycles. The van der Waals surface area contributed by atoms with Crippen molar-refractivity contribution >= 4 is 12.0 Å². The van der Waals surface area contributed by atoms with Gasteiger partial charge in [0.15, 0.2) is 5.78 Å². The van der Waals surface area contributed by atoms with E-state index in [0.717, 1.165) is 18.7 Å². The van der Waals surface area contributed by atoms with Gasteiger partial charge >= 0.3 is 0 Å². The van der Waals surface area contributed by atoms with Crippen LogP contribution in [0.3, 0.4) is 0 Å². The molecular formula is C16H20N2O. The lowest BCUT2D eigenvalue weighted by Gasteiger charge is -2.26. The third-order valence-electron chi connectivity index (χ3n) is 3.03. The van der Waals surface area contributed by atoms with E-state index in [0.29, 0.717) is 12.5 Å². The van der Waals surface area contributed by atoms with E-state index in [9.17, 15) is 4.79 Å². The number of hydrogen-bond acceptors (Lipinski definition) is 3. The Bertz CT molecular complexity index is 489. The summed E-state index contributed by atoms with van der Waals surface area (Å²) in [5, 5.41) is 0. The molecule has 1 heterocycles. The first kappa shape index (κ1) is 13.5. The van der Waals surface area contributed by atoms with Crippen LogP contribution in [0, 0.1) is 5.92 Å². The highest BCUT2D eigenvalue weighted by atomic mass is 16.1. The standard InChI is InChI=1S/C16H20N2O/c1-13(2)8-15-9-17-10-16(19)12-18(15)11-14-6-4-3-5-7-14/h3-7,9-10,13H,8,11-12H2,1-2H3. The van der Waals surface area contributed by atoms with E-state index < -0.39 is 0 Å². The van der Waals surface area contributed by atoms with Gasteiger partial charge in [0.05, 0.1) is 12.8 Å². The molecule has 0 N–H and O–H groups in total. The summed E-state index contributed by atoms with van der Waals surface area (Å²) in [5.41, 5.74) is 2.35. The van der Waals surface area contributed by atoms with Crippen LogP contribution in [0.4, 0.5) is 0 Å². The van der Waals surface area contributed by atoms with Crippen molar-refractivity contribution in [2.24, 2.45) is 10.9 Å². The molecule has 100 valence electrons. The molecule has 0 bridgehead atoms. The van der Waals surface area contributed by atoms with E-state index in [1.807, 2.05) is 24.4 Å². The third-order valence-corrected chi connectivity index (χ3v) is 3.03. The zero-order valence-corrected chi connectivity index (χ0v) is 11.5. The summed E-state index contributed by atoms with van der Waals surface area (Å²) in [6, 6.07) is 10.2. The zero-order valence-electron chi connectivity index (χ0n) is 11.5. The van der Waals surface area contributed by atoms with Crippen molar-refractivity contribution in [3.8, 4) is 0 Å². The van der Waals surface area contributed by atoms with Crippen molar-refractivity contribution in [3.63, 3.8) is 0 Å². The number of Topliss-reactive ketones (excluding diaryl/α,β-unsaturated/α-hetero) is 1. The summed E-state index contributed by atoms with van der Waals surface area (Å²) in [7, 11) is 0. The SMILES string of the molecule is CC(C)CC1=CN=CC(=O)CN1Cc1ccccc1. The smallest absolute Gasteiger partial charge is 0.193 e. The number of benzene rings is 1. The first-order valence-corrected chi connectivity index (χ1v) is 6.69. The largest absolute Gasteiger partial charge is 0.361 e. The second-order valence-corrected chi connectivity index (χ2v) is 5.30. The highest BCUT2D eigenvalue weighted by Crippen LogP contribution is 2.19. The molecular weight excluding hydrogens is 236 g/mol.